The van der Waals surface area contributed by atoms with Crippen LogP contribution in [0.2, 0.25) is 0 Å². The molecule has 0 radical (unpaired) electrons. The minimum Gasteiger partial charge on any atom is -0.543 e. The number of nitrogens with zero attached hydrogens (tertiary/aromatic N) is 2. The second kappa shape index (κ2) is 8.05. The van der Waals surface area contributed by atoms with E-state index in [-0.39, 0.29) is 47.2 Å². The Labute approximate surface area is 154 Å². The van der Waals surface area contributed by atoms with Crippen molar-refractivity contribution >= 4 is 11.9 Å². The van der Waals surface area contributed by atoms with E-state index in [1.807, 2.05) is 0 Å². The van der Waals surface area contributed by atoms with Crippen LogP contribution in [0.25, 0.3) is 5.69 Å². The number of benzene rings is 1. The quantitative estimate of drug-likeness (QED) is 0.437. The van der Waals surface area contributed by atoms with E-state index in [0.29, 0.717) is 5.69 Å². The van der Waals surface area contributed by atoms with Gasteiger partial charge in [-0.15, -0.1) is 0 Å². The Kier molecular flexibility index (Phi) is 6.68. The molecule has 0 atom stereocenters. The first-order valence-electron chi connectivity index (χ1n) is 6.52. The van der Waals surface area contributed by atoms with E-state index < -0.39 is 23.1 Å². The SMILES string of the molecule is CCc1c(C(=O)OC)c(=O)c(C(=O)[O-])nn1-c1ccccc1.[Na+]. The topological polar surface area (TPSA) is 101 Å². The summed E-state index contributed by atoms with van der Waals surface area (Å²) < 4.78 is 5.84. The normalized spacial score (nSPS) is 9.83. The second-order valence-corrected chi connectivity index (χ2v) is 4.38. The van der Waals surface area contributed by atoms with Gasteiger partial charge in [-0.05, 0) is 18.6 Å². The van der Waals surface area contributed by atoms with Gasteiger partial charge in [0.2, 0.25) is 5.43 Å². The predicted octanol–water partition coefficient (Wildman–Crippen LogP) is -3.05. The summed E-state index contributed by atoms with van der Waals surface area (Å²) in [5.74, 6) is -2.65. The Morgan fingerprint density at radius 3 is 2.35 bits per heavy atom. The van der Waals surface area contributed by atoms with Crippen LogP contribution in [0.3, 0.4) is 0 Å². The standard InChI is InChI=1S/C15H14N2O5.Na/c1-3-10-11(15(21)22-2)13(18)12(14(19)20)16-17(10)9-7-5-4-6-8-9;/h4-8H,3H2,1-2H3,(H,19,20);/q;+1/p-1. The van der Waals surface area contributed by atoms with Crippen molar-refractivity contribution in [1.82, 2.24) is 9.78 Å². The van der Waals surface area contributed by atoms with Crippen LogP contribution in [-0.4, -0.2) is 28.8 Å². The Morgan fingerprint density at radius 2 is 1.87 bits per heavy atom. The first-order valence-corrected chi connectivity index (χ1v) is 6.52. The number of ether oxygens (including phenoxy) is 1. The molecule has 2 rings (SSSR count). The van der Waals surface area contributed by atoms with E-state index in [9.17, 15) is 19.5 Å². The zero-order valence-electron chi connectivity index (χ0n) is 13.0. The molecule has 2 aromatic rings. The fraction of sp³-hybridized carbons (Fsp3) is 0.200. The second-order valence-electron chi connectivity index (χ2n) is 4.38. The third kappa shape index (κ3) is 3.69. The number of carbonyl (C=O) groups excluding carboxylic acids is 2. The maximum Gasteiger partial charge on any atom is 1.00 e. The molecule has 0 saturated carbocycles. The van der Waals surface area contributed by atoms with Crippen LogP contribution < -0.4 is 40.1 Å². The van der Waals surface area contributed by atoms with Crippen LogP contribution in [0.4, 0.5) is 0 Å². The summed E-state index contributed by atoms with van der Waals surface area (Å²) in [5.41, 5.74) is -1.39. The number of aromatic carboxylic acids is 1. The minimum absolute atomic E-state index is 0. The molecule has 1 aromatic heterocycles. The molecule has 0 amide bonds. The summed E-state index contributed by atoms with van der Waals surface area (Å²) in [7, 11) is 1.12. The van der Waals surface area contributed by atoms with Gasteiger partial charge >= 0.3 is 35.5 Å². The smallest absolute Gasteiger partial charge is 0.543 e. The van der Waals surface area contributed by atoms with Crippen LogP contribution in [0.15, 0.2) is 35.1 Å². The number of rotatable bonds is 4. The summed E-state index contributed by atoms with van der Waals surface area (Å²) in [6.45, 7) is 1.72. The molecule has 0 saturated heterocycles. The van der Waals surface area contributed by atoms with E-state index in [4.69, 9.17) is 0 Å². The summed E-state index contributed by atoms with van der Waals surface area (Å²) in [5, 5.41) is 15.0. The molecule has 8 heteroatoms. The maximum absolute atomic E-state index is 12.2. The molecule has 0 N–H and O–H groups in total. The number of carboxylic acids is 1. The summed E-state index contributed by atoms with van der Waals surface area (Å²) in [4.78, 5) is 35.2. The van der Waals surface area contributed by atoms with Crippen LogP contribution >= 0.6 is 0 Å². The molecular weight excluding hydrogens is 311 g/mol. The number of esters is 1. The van der Waals surface area contributed by atoms with E-state index in [1.165, 1.54) is 4.68 Å². The molecule has 1 aromatic carbocycles. The van der Waals surface area contributed by atoms with Crippen molar-refractivity contribution in [3.63, 3.8) is 0 Å². The Hall–Kier alpha value is -1.96. The van der Waals surface area contributed by atoms with Crippen molar-refractivity contribution in [2.75, 3.05) is 7.11 Å². The van der Waals surface area contributed by atoms with Crippen molar-refractivity contribution in [1.29, 1.82) is 0 Å². The number of para-hydroxylation sites is 1. The summed E-state index contributed by atoms with van der Waals surface area (Å²) >= 11 is 0. The Balaban J connectivity index is 0.00000264. The molecule has 0 fully saturated rings. The molecule has 0 spiro atoms. The average molecular weight is 324 g/mol. The van der Waals surface area contributed by atoms with Crippen LogP contribution in [0.5, 0.6) is 0 Å². The molecule has 0 unspecified atom stereocenters. The predicted molar refractivity (Wildman–Crippen MR) is 74.9 cm³/mol. The molecule has 0 aliphatic carbocycles. The first-order chi connectivity index (χ1) is 10.5. The van der Waals surface area contributed by atoms with Gasteiger partial charge < -0.3 is 14.6 Å². The van der Waals surface area contributed by atoms with Gasteiger partial charge in [-0.25, -0.2) is 9.48 Å². The van der Waals surface area contributed by atoms with Crippen molar-refractivity contribution in [3.8, 4) is 5.69 Å². The van der Waals surface area contributed by atoms with Crippen LogP contribution in [-0.2, 0) is 11.2 Å². The van der Waals surface area contributed by atoms with Crippen molar-refractivity contribution in [3.05, 3.63) is 57.5 Å². The van der Waals surface area contributed by atoms with E-state index in [1.54, 1.807) is 37.3 Å². The molecule has 0 aliphatic heterocycles. The number of hydrogen-bond donors (Lipinski definition) is 0. The molecular formula is C15H13N2NaO5. The first kappa shape index (κ1) is 19.1. The molecule has 114 valence electrons. The zero-order chi connectivity index (χ0) is 16.3. The Bertz CT molecular complexity index is 786. The van der Waals surface area contributed by atoms with Crippen molar-refractivity contribution < 1.29 is 49.0 Å². The third-order valence-corrected chi connectivity index (χ3v) is 3.10. The number of hydrogen-bond acceptors (Lipinski definition) is 6. The number of carboxylic acid groups (broad SMARTS) is 1. The fourth-order valence-electron chi connectivity index (χ4n) is 2.12. The third-order valence-electron chi connectivity index (χ3n) is 3.10. The number of methoxy groups -OCH3 is 1. The number of aromatic nitrogens is 2. The van der Waals surface area contributed by atoms with Crippen LogP contribution in [0, 0.1) is 0 Å². The molecule has 0 bridgehead atoms. The van der Waals surface area contributed by atoms with Gasteiger partial charge in [-0.2, -0.15) is 5.10 Å². The van der Waals surface area contributed by atoms with Gasteiger partial charge in [0, 0.05) is 0 Å². The van der Waals surface area contributed by atoms with Crippen molar-refractivity contribution in [2.45, 2.75) is 13.3 Å². The summed E-state index contributed by atoms with van der Waals surface area (Å²) in [6.07, 6.45) is 0.287. The van der Waals surface area contributed by atoms with Crippen molar-refractivity contribution in [2.24, 2.45) is 0 Å². The van der Waals surface area contributed by atoms with Gasteiger partial charge in [0.15, 0.2) is 5.69 Å². The maximum atomic E-state index is 12.2. The van der Waals surface area contributed by atoms with Crippen LogP contribution in [0.1, 0.15) is 33.5 Å². The molecule has 0 aliphatic rings. The van der Waals surface area contributed by atoms with Gasteiger partial charge in [0.25, 0.3) is 0 Å². The molecule has 1 heterocycles. The van der Waals surface area contributed by atoms with Gasteiger partial charge in [-0.3, -0.25) is 4.79 Å². The van der Waals surface area contributed by atoms with Gasteiger partial charge in [-0.1, -0.05) is 25.1 Å². The Morgan fingerprint density at radius 1 is 1.26 bits per heavy atom. The van der Waals surface area contributed by atoms with Gasteiger partial charge in [0.1, 0.15) is 5.56 Å². The molecule has 23 heavy (non-hydrogen) atoms. The summed E-state index contributed by atoms with van der Waals surface area (Å²) in [6, 6.07) is 8.59. The minimum atomic E-state index is -1.75. The van der Waals surface area contributed by atoms with E-state index in [2.05, 4.69) is 9.84 Å². The van der Waals surface area contributed by atoms with E-state index in [0.717, 1.165) is 7.11 Å². The fourth-order valence-corrected chi connectivity index (χ4v) is 2.12. The largest absolute Gasteiger partial charge is 1.00 e. The number of carbonyl (C=O) groups is 2. The van der Waals surface area contributed by atoms with E-state index >= 15 is 0 Å². The average Bonchev–Trinajstić information content (AvgIpc) is 2.53. The monoisotopic (exact) mass is 324 g/mol. The molecule has 7 nitrogen and oxygen atoms in total. The zero-order valence-corrected chi connectivity index (χ0v) is 15.0. The van der Waals surface area contributed by atoms with Gasteiger partial charge in [0.05, 0.1) is 24.5 Å².